The van der Waals surface area contributed by atoms with E-state index in [4.69, 9.17) is 5.73 Å². The predicted octanol–water partition coefficient (Wildman–Crippen LogP) is -1.18. The van der Waals surface area contributed by atoms with Gasteiger partial charge in [-0.25, -0.2) is 0 Å². The van der Waals surface area contributed by atoms with E-state index in [-0.39, 0.29) is 37.1 Å². The number of rotatable bonds is 5. The monoisotopic (exact) mass is 346 g/mol. The Balaban J connectivity index is 1.89. The molecule has 9 nitrogen and oxygen atoms in total. The number of piperidine rings is 1. The molecule has 0 spiro atoms. The zero-order chi connectivity index (χ0) is 18.1. The van der Waals surface area contributed by atoms with Crippen molar-refractivity contribution in [2.45, 2.75) is 25.0 Å². The van der Waals surface area contributed by atoms with E-state index in [2.05, 4.69) is 10.6 Å². The molecular formula is C16H18N4O5. The number of carbonyl (C=O) groups is 4. The van der Waals surface area contributed by atoms with Gasteiger partial charge in [-0.1, -0.05) is 6.07 Å². The van der Waals surface area contributed by atoms with Crippen LogP contribution in [0.2, 0.25) is 0 Å². The average Bonchev–Trinajstić information content (AvgIpc) is 2.85. The highest BCUT2D eigenvalue weighted by Crippen LogP contribution is 2.32. The summed E-state index contributed by atoms with van der Waals surface area (Å²) in [5.41, 5.74) is 6.08. The fraction of sp³-hybridized carbons (Fsp3) is 0.375. The lowest BCUT2D eigenvalue weighted by Gasteiger charge is -2.27. The van der Waals surface area contributed by atoms with Crippen LogP contribution < -0.4 is 16.4 Å². The zero-order valence-corrected chi connectivity index (χ0v) is 13.3. The Hall–Kier alpha value is -2.78. The largest absolute Gasteiger partial charge is 0.390 e. The number of aliphatic hydroxyl groups is 1. The molecule has 2 heterocycles. The van der Waals surface area contributed by atoms with Crippen molar-refractivity contribution in [3.8, 4) is 0 Å². The SMILES string of the molecule is NCC(O)CNc1cccc2c1C(=O)N(C1CCC(=O)NC1=O)C2=O. The number of nitrogens with zero attached hydrogens (tertiary/aromatic N) is 1. The Morgan fingerprint density at radius 1 is 1.28 bits per heavy atom. The first-order valence-corrected chi connectivity index (χ1v) is 7.90. The first kappa shape index (κ1) is 17.1. The standard InChI is InChI=1S/C16H18N4O5/c17-6-8(21)7-18-10-3-1-2-9-13(10)16(25)20(15(9)24)11-4-5-12(22)19-14(11)23/h1-3,8,11,18,21H,4-7,17H2,(H,19,22,23). The average molecular weight is 346 g/mol. The van der Waals surface area contributed by atoms with E-state index >= 15 is 0 Å². The number of carbonyl (C=O) groups excluding carboxylic acids is 4. The number of hydrogen-bond acceptors (Lipinski definition) is 7. The number of nitrogens with one attached hydrogen (secondary N) is 2. The number of amides is 4. The van der Waals surface area contributed by atoms with E-state index in [0.717, 1.165) is 4.90 Å². The van der Waals surface area contributed by atoms with Crippen LogP contribution in [0.3, 0.4) is 0 Å². The molecule has 1 aromatic carbocycles. The third-order valence-corrected chi connectivity index (χ3v) is 4.27. The Morgan fingerprint density at radius 3 is 2.72 bits per heavy atom. The van der Waals surface area contributed by atoms with Crippen molar-refractivity contribution in [2.24, 2.45) is 5.73 Å². The fourth-order valence-electron chi connectivity index (χ4n) is 2.97. The normalized spacial score (nSPS) is 21.2. The van der Waals surface area contributed by atoms with Crippen molar-refractivity contribution >= 4 is 29.3 Å². The van der Waals surface area contributed by atoms with Crippen LogP contribution in [0, 0.1) is 0 Å². The summed E-state index contributed by atoms with van der Waals surface area (Å²) in [6.07, 6.45) is -0.628. The van der Waals surface area contributed by atoms with E-state index in [0.29, 0.717) is 5.69 Å². The maximum Gasteiger partial charge on any atom is 0.264 e. The van der Waals surface area contributed by atoms with Gasteiger partial charge in [-0.3, -0.25) is 29.4 Å². The van der Waals surface area contributed by atoms with Crippen molar-refractivity contribution in [3.05, 3.63) is 29.3 Å². The van der Waals surface area contributed by atoms with Crippen LogP contribution >= 0.6 is 0 Å². The molecule has 0 aromatic heterocycles. The molecule has 3 rings (SSSR count). The number of hydrogen-bond donors (Lipinski definition) is 4. The molecule has 1 saturated heterocycles. The topological polar surface area (TPSA) is 142 Å². The third kappa shape index (κ3) is 2.99. The van der Waals surface area contributed by atoms with Crippen LogP contribution in [0.25, 0.3) is 0 Å². The number of imide groups is 2. The lowest BCUT2D eigenvalue weighted by atomic mass is 10.0. The minimum Gasteiger partial charge on any atom is -0.390 e. The molecule has 4 amide bonds. The van der Waals surface area contributed by atoms with Gasteiger partial charge in [0.15, 0.2) is 0 Å². The fourth-order valence-corrected chi connectivity index (χ4v) is 2.97. The van der Waals surface area contributed by atoms with Gasteiger partial charge in [0.2, 0.25) is 11.8 Å². The maximum atomic E-state index is 12.8. The van der Waals surface area contributed by atoms with Gasteiger partial charge in [-0.05, 0) is 18.6 Å². The summed E-state index contributed by atoms with van der Waals surface area (Å²) in [4.78, 5) is 49.6. The van der Waals surface area contributed by atoms with Gasteiger partial charge in [0.1, 0.15) is 6.04 Å². The summed E-state index contributed by atoms with van der Waals surface area (Å²) < 4.78 is 0. The van der Waals surface area contributed by atoms with E-state index in [1.54, 1.807) is 12.1 Å². The molecule has 0 radical (unpaired) electrons. The second kappa shape index (κ2) is 6.61. The van der Waals surface area contributed by atoms with Crippen LogP contribution in [-0.4, -0.2) is 58.9 Å². The third-order valence-electron chi connectivity index (χ3n) is 4.27. The highest BCUT2D eigenvalue weighted by atomic mass is 16.3. The molecule has 2 aliphatic heterocycles. The maximum absolute atomic E-state index is 12.8. The first-order valence-electron chi connectivity index (χ1n) is 7.90. The summed E-state index contributed by atoms with van der Waals surface area (Å²) >= 11 is 0. The minimum atomic E-state index is -1.01. The Labute approximate surface area is 143 Å². The Bertz CT molecular complexity index is 763. The van der Waals surface area contributed by atoms with Gasteiger partial charge in [0.25, 0.3) is 11.8 Å². The lowest BCUT2D eigenvalue weighted by molar-refractivity contribution is -0.136. The number of fused-ring (bicyclic) bond motifs is 1. The molecule has 132 valence electrons. The summed E-state index contributed by atoms with van der Waals surface area (Å²) in [6, 6.07) is 3.72. The van der Waals surface area contributed by atoms with Gasteiger partial charge < -0.3 is 16.2 Å². The molecular weight excluding hydrogens is 328 g/mol. The molecule has 25 heavy (non-hydrogen) atoms. The molecule has 1 aromatic rings. The number of anilines is 1. The highest BCUT2D eigenvalue weighted by Gasteiger charge is 2.45. The Kier molecular flexibility index (Phi) is 4.51. The van der Waals surface area contributed by atoms with Gasteiger partial charge >= 0.3 is 0 Å². The van der Waals surface area contributed by atoms with E-state index in [1.165, 1.54) is 6.07 Å². The smallest absolute Gasteiger partial charge is 0.264 e. The number of benzene rings is 1. The second-order valence-corrected chi connectivity index (χ2v) is 5.95. The van der Waals surface area contributed by atoms with Gasteiger partial charge in [0.05, 0.1) is 17.2 Å². The molecule has 2 atom stereocenters. The number of nitrogens with two attached hydrogens (primary N) is 1. The van der Waals surface area contributed by atoms with Crippen molar-refractivity contribution < 1.29 is 24.3 Å². The molecule has 5 N–H and O–H groups in total. The van der Waals surface area contributed by atoms with Crippen molar-refractivity contribution in [2.75, 3.05) is 18.4 Å². The van der Waals surface area contributed by atoms with Gasteiger partial charge in [0, 0.05) is 25.2 Å². The van der Waals surface area contributed by atoms with Crippen molar-refractivity contribution in [3.63, 3.8) is 0 Å². The highest BCUT2D eigenvalue weighted by molar-refractivity contribution is 6.25. The molecule has 1 fully saturated rings. The summed E-state index contributed by atoms with van der Waals surface area (Å²) in [5, 5.41) is 14.6. The molecule has 0 bridgehead atoms. The van der Waals surface area contributed by atoms with E-state index in [1.807, 2.05) is 0 Å². The Morgan fingerprint density at radius 2 is 2.04 bits per heavy atom. The van der Waals surface area contributed by atoms with Crippen LogP contribution in [0.4, 0.5) is 5.69 Å². The molecule has 2 aliphatic rings. The summed E-state index contributed by atoms with van der Waals surface area (Å²) in [5.74, 6) is -2.24. The molecule has 0 saturated carbocycles. The molecule has 9 heteroatoms. The first-order chi connectivity index (χ1) is 11.9. The van der Waals surface area contributed by atoms with Crippen LogP contribution in [-0.2, 0) is 9.59 Å². The molecule has 2 unspecified atom stereocenters. The molecule has 0 aliphatic carbocycles. The zero-order valence-electron chi connectivity index (χ0n) is 13.3. The van der Waals surface area contributed by atoms with Crippen LogP contribution in [0.1, 0.15) is 33.6 Å². The van der Waals surface area contributed by atoms with E-state index < -0.39 is 35.8 Å². The lowest BCUT2D eigenvalue weighted by Crippen LogP contribution is -2.54. The second-order valence-electron chi connectivity index (χ2n) is 5.95. The van der Waals surface area contributed by atoms with Gasteiger partial charge in [-0.15, -0.1) is 0 Å². The van der Waals surface area contributed by atoms with Crippen molar-refractivity contribution in [1.82, 2.24) is 10.2 Å². The summed E-state index contributed by atoms with van der Waals surface area (Å²) in [6.45, 7) is 0.171. The van der Waals surface area contributed by atoms with E-state index in [9.17, 15) is 24.3 Å². The van der Waals surface area contributed by atoms with Crippen molar-refractivity contribution in [1.29, 1.82) is 0 Å². The predicted molar refractivity (Wildman–Crippen MR) is 86.7 cm³/mol. The van der Waals surface area contributed by atoms with Crippen LogP contribution in [0.5, 0.6) is 0 Å². The summed E-state index contributed by atoms with van der Waals surface area (Å²) in [7, 11) is 0. The minimum absolute atomic E-state index is 0.0529. The van der Waals surface area contributed by atoms with Crippen LogP contribution in [0.15, 0.2) is 18.2 Å². The number of aliphatic hydroxyl groups excluding tert-OH is 1. The quantitative estimate of drug-likeness (QED) is 0.492. The van der Waals surface area contributed by atoms with Gasteiger partial charge in [-0.2, -0.15) is 0 Å².